The van der Waals surface area contributed by atoms with Crippen molar-refractivity contribution in [1.82, 2.24) is 4.98 Å². The molecular weight excluding hydrogens is 316 g/mol. The number of aliphatic imine (C=N–C) groups is 1. The topological polar surface area (TPSA) is 81.8 Å². The van der Waals surface area contributed by atoms with Gasteiger partial charge in [-0.25, -0.2) is 4.99 Å². The number of anilines is 1. The molecule has 6 nitrogen and oxygen atoms in total. The second-order valence-corrected chi connectivity index (χ2v) is 6.01. The van der Waals surface area contributed by atoms with Crippen LogP contribution in [0.5, 0.6) is 11.5 Å². The van der Waals surface area contributed by atoms with Gasteiger partial charge in [0.25, 0.3) is 0 Å². The number of ether oxygens (including phenoxy) is 2. The predicted octanol–water partition coefficient (Wildman–Crippen LogP) is 2.90. The van der Waals surface area contributed by atoms with Crippen molar-refractivity contribution in [2.45, 2.75) is 32.2 Å². The highest BCUT2D eigenvalue weighted by Crippen LogP contribution is 2.28. The van der Waals surface area contributed by atoms with Crippen molar-refractivity contribution in [3.8, 4) is 11.5 Å². The van der Waals surface area contributed by atoms with Gasteiger partial charge in [0.15, 0.2) is 5.96 Å². The van der Waals surface area contributed by atoms with Gasteiger partial charge >= 0.3 is 0 Å². The Hall–Kier alpha value is -2.76. The Morgan fingerprint density at radius 2 is 2.00 bits per heavy atom. The average Bonchev–Trinajstić information content (AvgIpc) is 2.66. The lowest BCUT2D eigenvalue weighted by atomic mass is 9.96. The van der Waals surface area contributed by atoms with Crippen LogP contribution in [-0.2, 0) is 19.4 Å². The summed E-state index contributed by atoms with van der Waals surface area (Å²) in [6.45, 7) is 0.443. The number of guanidine groups is 1. The largest absolute Gasteiger partial charge is 0.497 e. The monoisotopic (exact) mass is 340 g/mol. The van der Waals surface area contributed by atoms with Crippen LogP contribution in [0, 0.1) is 0 Å². The summed E-state index contributed by atoms with van der Waals surface area (Å²) in [5, 5.41) is 3.06. The van der Waals surface area contributed by atoms with E-state index in [-0.39, 0.29) is 0 Å². The fourth-order valence-electron chi connectivity index (χ4n) is 2.97. The molecule has 0 atom stereocenters. The highest BCUT2D eigenvalue weighted by molar-refractivity contribution is 5.93. The third-order valence-corrected chi connectivity index (χ3v) is 4.32. The molecule has 1 aliphatic rings. The van der Waals surface area contributed by atoms with Crippen molar-refractivity contribution in [2.75, 3.05) is 19.5 Å². The fourth-order valence-corrected chi connectivity index (χ4v) is 2.97. The summed E-state index contributed by atoms with van der Waals surface area (Å²) in [5.74, 6) is 1.70. The second-order valence-electron chi connectivity index (χ2n) is 6.01. The number of aryl methyl sites for hydroxylation is 2. The number of nitrogens with zero attached hydrogens (tertiary/aromatic N) is 2. The summed E-state index contributed by atoms with van der Waals surface area (Å²) in [6.07, 6.45) is 4.66. The Labute approximate surface area is 148 Å². The molecule has 0 saturated carbocycles. The predicted molar refractivity (Wildman–Crippen MR) is 99.4 cm³/mol. The lowest BCUT2D eigenvalue weighted by Gasteiger charge is -2.15. The number of nitrogens with two attached hydrogens (primary N) is 1. The summed E-state index contributed by atoms with van der Waals surface area (Å²) in [4.78, 5) is 9.11. The molecule has 25 heavy (non-hydrogen) atoms. The van der Waals surface area contributed by atoms with Gasteiger partial charge in [0.2, 0.25) is 0 Å². The fraction of sp³-hybridized carbons (Fsp3) is 0.368. The van der Waals surface area contributed by atoms with E-state index in [1.807, 2.05) is 24.3 Å². The minimum absolute atomic E-state index is 0.311. The van der Waals surface area contributed by atoms with Crippen molar-refractivity contribution in [3.63, 3.8) is 0 Å². The first-order valence-corrected chi connectivity index (χ1v) is 8.46. The molecule has 0 fully saturated rings. The minimum Gasteiger partial charge on any atom is -0.497 e. The van der Waals surface area contributed by atoms with Gasteiger partial charge in [-0.2, -0.15) is 0 Å². The van der Waals surface area contributed by atoms with Crippen molar-refractivity contribution in [3.05, 3.63) is 47.3 Å². The van der Waals surface area contributed by atoms with E-state index in [0.717, 1.165) is 18.5 Å². The van der Waals surface area contributed by atoms with Crippen molar-refractivity contribution < 1.29 is 9.47 Å². The summed E-state index contributed by atoms with van der Waals surface area (Å²) < 4.78 is 10.6. The molecular formula is C19H24N4O2. The molecule has 0 radical (unpaired) electrons. The maximum atomic E-state index is 6.02. The van der Waals surface area contributed by atoms with Crippen molar-refractivity contribution >= 4 is 11.6 Å². The van der Waals surface area contributed by atoms with Crippen LogP contribution in [0.25, 0.3) is 0 Å². The summed E-state index contributed by atoms with van der Waals surface area (Å²) in [5.41, 5.74) is 10.2. The van der Waals surface area contributed by atoms with Crippen LogP contribution in [0.2, 0.25) is 0 Å². The van der Waals surface area contributed by atoms with Crippen LogP contribution in [0.4, 0.5) is 5.69 Å². The molecule has 3 rings (SSSR count). The Kier molecular flexibility index (Phi) is 5.38. The van der Waals surface area contributed by atoms with E-state index in [2.05, 4.69) is 16.4 Å². The van der Waals surface area contributed by atoms with Crippen molar-refractivity contribution in [2.24, 2.45) is 10.7 Å². The average molecular weight is 340 g/mol. The Morgan fingerprint density at radius 3 is 2.80 bits per heavy atom. The van der Waals surface area contributed by atoms with Crippen LogP contribution in [0.3, 0.4) is 0 Å². The SMILES string of the molecule is COc1ccc(OC)c(NC(N)=NCc2ccc3c(n2)CCCC3)c1. The van der Waals surface area contributed by atoms with Crippen LogP contribution >= 0.6 is 0 Å². The molecule has 0 amide bonds. The highest BCUT2D eigenvalue weighted by Gasteiger charge is 2.11. The highest BCUT2D eigenvalue weighted by atomic mass is 16.5. The number of fused-ring (bicyclic) bond motifs is 1. The van der Waals surface area contributed by atoms with Gasteiger partial charge in [0.05, 0.1) is 32.1 Å². The standard InChI is InChI=1S/C19H24N4O2/c1-24-15-9-10-18(25-2)17(11-15)23-19(20)21-12-14-8-7-13-5-3-4-6-16(13)22-14/h7-11H,3-6,12H2,1-2H3,(H3,20,21,23). The molecule has 3 N–H and O–H groups in total. The molecule has 6 heteroatoms. The van der Waals surface area contributed by atoms with Gasteiger partial charge < -0.3 is 20.5 Å². The summed E-state index contributed by atoms with van der Waals surface area (Å²) in [7, 11) is 3.22. The van der Waals surface area contributed by atoms with Gasteiger partial charge in [-0.15, -0.1) is 0 Å². The third kappa shape index (κ3) is 4.21. The maximum Gasteiger partial charge on any atom is 0.193 e. The summed E-state index contributed by atoms with van der Waals surface area (Å²) in [6, 6.07) is 9.67. The lowest BCUT2D eigenvalue weighted by Crippen LogP contribution is -2.23. The Bertz CT molecular complexity index is 774. The number of methoxy groups -OCH3 is 2. The number of pyridine rings is 1. The maximum absolute atomic E-state index is 6.02. The molecule has 132 valence electrons. The van der Waals surface area contributed by atoms with E-state index in [0.29, 0.717) is 29.7 Å². The molecule has 1 aromatic heterocycles. The molecule has 1 heterocycles. The van der Waals surface area contributed by atoms with Gasteiger partial charge in [0, 0.05) is 11.8 Å². The molecule has 1 aliphatic carbocycles. The number of nitrogens with one attached hydrogen (secondary N) is 1. The molecule has 0 spiro atoms. The van der Waals surface area contributed by atoms with E-state index in [4.69, 9.17) is 20.2 Å². The van der Waals surface area contributed by atoms with Gasteiger partial charge in [-0.05, 0) is 49.4 Å². The first-order chi connectivity index (χ1) is 12.2. The normalized spacial score (nSPS) is 13.9. The number of hydrogen-bond acceptors (Lipinski definition) is 4. The zero-order valence-corrected chi connectivity index (χ0v) is 14.7. The van der Waals surface area contributed by atoms with Crippen LogP contribution in [0.1, 0.15) is 29.8 Å². The Morgan fingerprint density at radius 1 is 1.16 bits per heavy atom. The lowest BCUT2D eigenvalue weighted by molar-refractivity contribution is 0.405. The first kappa shape index (κ1) is 17.1. The van der Waals surface area contributed by atoms with E-state index >= 15 is 0 Å². The van der Waals surface area contributed by atoms with Gasteiger partial charge in [0.1, 0.15) is 11.5 Å². The molecule has 0 aliphatic heterocycles. The summed E-state index contributed by atoms with van der Waals surface area (Å²) >= 11 is 0. The smallest absolute Gasteiger partial charge is 0.193 e. The number of benzene rings is 1. The van der Waals surface area contributed by atoms with Gasteiger partial charge in [-0.1, -0.05) is 6.07 Å². The molecule has 0 saturated heterocycles. The van der Waals surface area contributed by atoms with Crippen LogP contribution in [0.15, 0.2) is 35.3 Å². The van der Waals surface area contributed by atoms with E-state index in [1.165, 1.54) is 24.1 Å². The third-order valence-electron chi connectivity index (χ3n) is 4.32. The molecule has 0 bridgehead atoms. The van der Waals surface area contributed by atoms with E-state index in [9.17, 15) is 0 Å². The zero-order chi connectivity index (χ0) is 17.6. The zero-order valence-electron chi connectivity index (χ0n) is 14.7. The number of rotatable bonds is 5. The second kappa shape index (κ2) is 7.88. The quantitative estimate of drug-likeness (QED) is 0.646. The van der Waals surface area contributed by atoms with Crippen LogP contribution < -0.4 is 20.5 Å². The molecule has 0 unspecified atom stereocenters. The first-order valence-electron chi connectivity index (χ1n) is 8.46. The number of hydrogen-bond donors (Lipinski definition) is 2. The van der Waals surface area contributed by atoms with E-state index in [1.54, 1.807) is 14.2 Å². The minimum atomic E-state index is 0.311. The molecule has 1 aromatic carbocycles. The van der Waals surface area contributed by atoms with Crippen molar-refractivity contribution in [1.29, 1.82) is 0 Å². The van der Waals surface area contributed by atoms with Crippen LogP contribution in [-0.4, -0.2) is 25.2 Å². The van der Waals surface area contributed by atoms with Gasteiger partial charge in [-0.3, -0.25) is 4.98 Å². The van der Waals surface area contributed by atoms with E-state index < -0.39 is 0 Å². The molecule has 2 aromatic rings. The Balaban J connectivity index is 1.70. The number of aromatic nitrogens is 1.